The lowest BCUT2D eigenvalue weighted by Gasteiger charge is -2.25. The van der Waals surface area contributed by atoms with Crippen molar-refractivity contribution in [3.8, 4) is 0 Å². The van der Waals surface area contributed by atoms with Gasteiger partial charge in [-0.3, -0.25) is 29.4 Å². The number of fused-ring (bicyclic) bond motifs is 1. The van der Waals surface area contributed by atoms with Gasteiger partial charge in [-0.1, -0.05) is 19.1 Å². The van der Waals surface area contributed by atoms with Gasteiger partial charge in [0.2, 0.25) is 11.8 Å². The first-order chi connectivity index (χ1) is 16.2. The summed E-state index contributed by atoms with van der Waals surface area (Å²) in [4.78, 5) is 61.8. The molecule has 2 aliphatic rings. The summed E-state index contributed by atoms with van der Waals surface area (Å²) in [5, 5.41) is 13.3. The Kier molecular flexibility index (Phi) is 6.40. The lowest BCUT2D eigenvalue weighted by Crippen LogP contribution is -2.31. The number of esters is 1. The second kappa shape index (κ2) is 9.42. The molecule has 1 saturated carbocycles. The van der Waals surface area contributed by atoms with Gasteiger partial charge in [-0.25, -0.2) is 4.79 Å². The number of ether oxygens (including phenoxy) is 1. The van der Waals surface area contributed by atoms with Gasteiger partial charge < -0.3 is 10.1 Å². The van der Waals surface area contributed by atoms with E-state index in [-0.39, 0.29) is 40.6 Å². The number of nitro groups is 1. The zero-order chi connectivity index (χ0) is 24.4. The van der Waals surface area contributed by atoms with E-state index in [2.05, 4.69) is 12.2 Å². The lowest BCUT2D eigenvalue weighted by molar-refractivity contribution is -0.384. The van der Waals surface area contributed by atoms with E-state index in [1.165, 1.54) is 36.4 Å². The first-order valence-corrected chi connectivity index (χ1v) is 10.9. The summed E-state index contributed by atoms with van der Waals surface area (Å²) >= 11 is 0. The van der Waals surface area contributed by atoms with E-state index in [4.69, 9.17) is 4.74 Å². The Hall–Kier alpha value is -4.08. The molecule has 10 heteroatoms. The van der Waals surface area contributed by atoms with Crippen LogP contribution in [0.4, 0.5) is 17.1 Å². The highest BCUT2D eigenvalue weighted by atomic mass is 16.6. The van der Waals surface area contributed by atoms with Crippen LogP contribution >= 0.6 is 0 Å². The Bertz CT molecular complexity index is 1180. The number of nitrogens with zero attached hydrogens (tertiary/aromatic N) is 2. The van der Waals surface area contributed by atoms with Crippen LogP contribution < -0.4 is 10.2 Å². The van der Waals surface area contributed by atoms with Crippen molar-refractivity contribution in [2.24, 2.45) is 17.8 Å². The summed E-state index contributed by atoms with van der Waals surface area (Å²) < 4.78 is 5.05. The second-order valence-corrected chi connectivity index (χ2v) is 8.63. The van der Waals surface area contributed by atoms with Crippen LogP contribution in [0.25, 0.3) is 0 Å². The van der Waals surface area contributed by atoms with Gasteiger partial charge in [0.05, 0.1) is 28.0 Å². The summed E-state index contributed by atoms with van der Waals surface area (Å²) in [6, 6.07) is 11.4. The van der Waals surface area contributed by atoms with Crippen LogP contribution in [0.15, 0.2) is 48.5 Å². The van der Waals surface area contributed by atoms with Crippen molar-refractivity contribution < 1.29 is 28.8 Å². The highest BCUT2D eigenvalue weighted by Crippen LogP contribution is 2.42. The molecule has 4 rings (SSSR count). The van der Waals surface area contributed by atoms with Gasteiger partial charge in [0.15, 0.2) is 6.61 Å². The predicted molar refractivity (Wildman–Crippen MR) is 121 cm³/mol. The maximum absolute atomic E-state index is 12.9. The van der Waals surface area contributed by atoms with Crippen molar-refractivity contribution in [3.05, 3.63) is 64.2 Å². The largest absolute Gasteiger partial charge is 0.452 e. The topological polar surface area (TPSA) is 136 Å². The predicted octanol–water partition coefficient (Wildman–Crippen LogP) is 3.32. The van der Waals surface area contributed by atoms with Crippen molar-refractivity contribution >= 4 is 40.8 Å². The number of rotatable bonds is 6. The molecule has 3 atom stereocenters. The number of nitro benzene ring substituents is 1. The number of carbonyl (C=O) groups excluding carboxylic acids is 4. The number of nitrogens with one attached hydrogen (secondary N) is 1. The van der Waals surface area contributed by atoms with Crippen LogP contribution in [-0.2, 0) is 19.1 Å². The van der Waals surface area contributed by atoms with Crippen molar-refractivity contribution in [1.82, 2.24) is 0 Å². The van der Waals surface area contributed by atoms with Crippen molar-refractivity contribution in [2.75, 3.05) is 16.8 Å². The molecule has 3 amide bonds. The normalized spacial score (nSPS) is 21.7. The third-order valence-electron chi connectivity index (χ3n) is 6.20. The van der Waals surface area contributed by atoms with E-state index < -0.39 is 23.4 Å². The number of non-ortho nitro benzene ring substituents is 1. The third kappa shape index (κ3) is 4.66. The van der Waals surface area contributed by atoms with E-state index in [1.807, 2.05) is 0 Å². The highest BCUT2D eigenvalue weighted by Gasteiger charge is 2.50. The molecule has 0 spiro atoms. The van der Waals surface area contributed by atoms with Gasteiger partial charge in [-0.15, -0.1) is 0 Å². The molecular weight excluding hydrogens is 442 g/mol. The average molecular weight is 465 g/mol. The van der Waals surface area contributed by atoms with E-state index >= 15 is 0 Å². The van der Waals surface area contributed by atoms with Crippen LogP contribution in [-0.4, -0.2) is 35.2 Å². The zero-order valence-electron chi connectivity index (χ0n) is 18.4. The van der Waals surface area contributed by atoms with Crippen LogP contribution in [0.5, 0.6) is 0 Å². The zero-order valence-corrected chi connectivity index (χ0v) is 18.4. The summed E-state index contributed by atoms with van der Waals surface area (Å²) in [7, 11) is 0. The van der Waals surface area contributed by atoms with Crippen molar-refractivity contribution in [2.45, 2.75) is 26.2 Å². The minimum absolute atomic E-state index is 0.0875. The standard InChI is InChI=1S/C24H23N3O7/c1-14-8-9-19-20(10-14)23(30)26(22(19)29)17-6-2-4-15(11-17)24(31)34-13-21(28)25-16-5-3-7-18(12-16)27(32)33/h2-7,11-12,14,19-20H,8-10,13H2,1H3,(H,25,28)/t14-,19-,20-/m1/s1. The third-order valence-corrected chi connectivity index (χ3v) is 6.20. The molecule has 0 bridgehead atoms. The molecule has 0 unspecified atom stereocenters. The van der Waals surface area contributed by atoms with E-state index in [0.29, 0.717) is 24.4 Å². The first kappa shape index (κ1) is 23.1. The van der Waals surface area contributed by atoms with Gasteiger partial charge in [-0.2, -0.15) is 0 Å². The van der Waals surface area contributed by atoms with Crippen molar-refractivity contribution in [1.29, 1.82) is 0 Å². The van der Waals surface area contributed by atoms with Gasteiger partial charge in [-0.05, 0) is 49.4 Å². The molecule has 176 valence electrons. The lowest BCUT2D eigenvalue weighted by atomic mass is 9.76. The van der Waals surface area contributed by atoms with Gasteiger partial charge in [0, 0.05) is 17.8 Å². The molecule has 0 radical (unpaired) electrons. The molecule has 10 nitrogen and oxygen atoms in total. The summed E-state index contributed by atoms with van der Waals surface area (Å²) in [6.07, 6.45) is 2.25. The first-order valence-electron chi connectivity index (χ1n) is 10.9. The maximum Gasteiger partial charge on any atom is 0.338 e. The second-order valence-electron chi connectivity index (χ2n) is 8.63. The molecule has 1 aliphatic heterocycles. The number of benzene rings is 2. The van der Waals surface area contributed by atoms with Crippen molar-refractivity contribution in [3.63, 3.8) is 0 Å². The highest BCUT2D eigenvalue weighted by molar-refractivity contribution is 6.22. The Morgan fingerprint density at radius 1 is 1.09 bits per heavy atom. The molecular formula is C24H23N3O7. The number of carbonyl (C=O) groups is 4. The molecule has 2 aromatic carbocycles. The quantitative estimate of drug-likeness (QED) is 0.299. The molecule has 0 aromatic heterocycles. The fraction of sp³-hybridized carbons (Fsp3) is 0.333. The monoisotopic (exact) mass is 465 g/mol. The summed E-state index contributed by atoms with van der Waals surface area (Å²) in [5.41, 5.74) is 0.392. The number of hydrogen-bond acceptors (Lipinski definition) is 7. The maximum atomic E-state index is 12.9. The van der Waals surface area contributed by atoms with Crippen LogP contribution in [0.2, 0.25) is 0 Å². The Morgan fingerprint density at radius 2 is 1.82 bits per heavy atom. The minimum atomic E-state index is -0.804. The molecule has 1 N–H and O–H groups in total. The Labute approximate surface area is 195 Å². The van der Waals surface area contributed by atoms with Gasteiger partial charge in [0.25, 0.3) is 11.6 Å². The molecule has 2 aromatic rings. The molecule has 1 heterocycles. The van der Waals surface area contributed by atoms with Crippen LogP contribution in [0, 0.1) is 27.9 Å². The number of anilines is 2. The van der Waals surface area contributed by atoms with E-state index in [9.17, 15) is 29.3 Å². The van der Waals surface area contributed by atoms with Crippen LogP contribution in [0.1, 0.15) is 36.5 Å². The van der Waals surface area contributed by atoms with E-state index in [1.54, 1.807) is 12.1 Å². The summed E-state index contributed by atoms with van der Waals surface area (Å²) in [6.45, 7) is 1.46. The molecule has 1 saturated heterocycles. The SMILES string of the molecule is C[C@@H]1CC[C@H]2C(=O)N(c3cccc(C(=O)OCC(=O)Nc4cccc([N+](=O)[O-])c4)c3)C(=O)[C@@H]2C1. The smallest absolute Gasteiger partial charge is 0.338 e. The Balaban J connectivity index is 1.40. The summed E-state index contributed by atoms with van der Waals surface area (Å²) in [5.74, 6) is -2.24. The van der Waals surface area contributed by atoms with E-state index in [0.717, 1.165) is 11.3 Å². The molecule has 1 aliphatic carbocycles. The number of imide groups is 1. The minimum Gasteiger partial charge on any atom is -0.452 e. The van der Waals surface area contributed by atoms with Gasteiger partial charge >= 0.3 is 5.97 Å². The Morgan fingerprint density at radius 3 is 2.59 bits per heavy atom. The number of hydrogen-bond donors (Lipinski definition) is 1. The molecule has 34 heavy (non-hydrogen) atoms. The molecule has 2 fully saturated rings. The van der Waals surface area contributed by atoms with Gasteiger partial charge in [0.1, 0.15) is 0 Å². The van der Waals surface area contributed by atoms with Crippen LogP contribution in [0.3, 0.4) is 0 Å². The fourth-order valence-corrected chi connectivity index (χ4v) is 4.52. The average Bonchev–Trinajstić information content (AvgIpc) is 3.06. The fourth-order valence-electron chi connectivity index (χ4n) is 4.52. The number of amides is 3.